The van der Waals surface area contributed by atoms with E-state index in [0.717, 1.165) is 0 Å². The average molecular weight is 330 g/mol. The van der Waals surface area contributed by atoms with Gasteiger partial charge in [-0.05, 0) is 31.7 Å². The first-order chi connectivity index (χ1) is 10.3. The third-order valence-electron chi connectivity index (χ3n) is 3.77. The highest BCUT2D eigenvalue weighted by Crippen LogP contribution is 2.25. The van der Waals surface area contributed by atoms with Crippen molar-refractivity contribution in [3.63, 3.8) is 0 Å². The van der Waals surface area contributed by atoms with Crippen LogP contribution in [0.25, 0.3) is 0 Å². The first-order valence-corrected chi connectivity index (χ1v) is 8.33. The average Bonchev–Trinajstić information content (AvgIpc) is 2.97. The van der Waals surface area contributed by atoms with Gasteiger partial charge in [-0.2, -0.15) is 0 Å². The number of aromatic amines is 1. The van der Waals surface area contributed by atoms with Crippen LogP contribution >= 0.6 is 0 Å². The molecule has 22 heavy (non-hydrogen) atoms. The van der Waals surface area contributed by atoms with Crippen molar-refractivity contribution in [2.45, 2.75) is 36.6 Å². The summed E-state index contributed by atoms with van der Waals surface area (Å²) in [4.78, 5) is 24.7. The fraction of sp³-hybridized carbons (Fsp3) is 0.538. The zero-order valence-electron chi connectivity index (χ0n) is 12.0. The minimum absolute atomic E-state index is 0.0479. The van der Waals surface area contributed by atoms with Crippen molar-refractivity contribution in [2.75, 3.05) is 7.11 Å². The van der Waals surface area contributed by atoms with Crippen molar-refractivity contribution in [2.24, 2.45) is 5.92 Å². The lowest BCUT2D eigenvalue weighted by atomic mass is 9.87. The second-order valence-electron chi connectivity index (χ2n) is 5.25. The van der Waals surface area contributed by atoms with Gasteiger partial charge in [0.2, 0.25) is 10.0 Å². The summed E-state index contributed by atoms with van der Waals surface area (Å²) < 4.78 is 31.5. The maximum absolute atomic E-state index is 12.2. The van der Waals surface area contributed by atoms with Crippen LogP contribution in [0.3, 0.4) is 0 Å². The van der Waals surface area contributed by atoms with Gasteiger partial charge in [0.1, 0.15) is 10.6 Å². The molecule has 0 unspecified atom stereocenters. The van der Waals surface area contributed by atoms with Crippen LogP contribution in [-0.4, -0.2) is 43.6 Å². The summed E-state index contributed by atoms with van der Waals surface area (Å²) in [5.74, 6) is -1.89. The SMILES string of the molecule is COC(=O)c1cc(S(=O)(=O)NC2CCC(C(=O)O)CC2)c[nH]1. The van der Waals surface area contributed by atoms with Gasteiger partial charge in [0.25, 0.3) is 0 Å². The number of carbonyl (C=O) groups excluding carboxylic acids is 1. The molecule has 1 aliphatic carbocycles. The van der Waals surface area contributed by atoms with Crippen LogP contribution in [-0.2, 0) is 19.6 Å². The number of aliphatic carboxylic acids is 1. The van der Waals surface area contributed by atoms with Gasteiger partial charge in [0.05, 0.1) is 13.0 Å². The molecule has 0 bridgehead atoms. The molecule has 9 heteroatoms. The van der Waals surface area contributed by atoms with Crippen molar-refractivity contribution in [3.05, 3.63) is 18.0 Å². The first kappa shape index (κ1) is 16.5. The fourth-order valence-electron chi connectivity index (χ4n) is 2.50. The molecule has 0 atom stereocenters. The largest absolute Gasteiger partial charge is 0.481 e. The topological polar surface area (TPSA) is 126 Å². The molecule has 8 nitrogen and oxygen atoms in total. The predicted octanol–water partition coefficient (Wildman–Crippen LogP) is 0.723. The fourth-order valence-corrected chi connectivity index (χ4v) is 3.80. The molecular weight excluding hydrogens is 312 g/mol. The smallest absolute Gasteiger partial charge is 0.354 e. The number of esters is 1. The number of carboxylic acids is 1. The number of aromatic nitrogens is 1. The van der Waals surface area contributed by atoms with Gasteiger partial charge < -0.3 is 14.8 Å². The number of rotatable bonds is 5. The summed E-state index contributed by atoms with van der Waals surface area (Å²) in [5, 5.41) is 8.93. The molecule has 0 amide bonds. The van der Waals surface area contributed by atoms with Gasteiger partial charge in [0.15, 0.2) is 0 Å². The van der Waals surface area contributed by atoms with E-state index in [1.807, 2.05) is 0 Å². The Morgan fingerprint density at radius 2 is 1.95 bits per heavy atom. The third-order valence-corrected chi connectivity index (χ3v) is 5.27. The van der Waals surface area contributed by atoms with E-state index in [2.05, 4.69) is 14.4 Å². The number of nitrogens with one attached hydrogen (secondary N) is 2. The molecule has 3 N–H and O–H groups in total. The van der Waals surface area contributed by atoms with Crippen LogP contribution < -0.4 is 4.72 Å². The Bertz CT molecular complexity index is 658. The second-order valence-corrected chi connectivity index (χ2v) is 6.96. The number of hydrogen-bond acceptors (Lipinski definition) is 5. The molecule has 122 valence electrons. The van der Waals surface area contributed by atoms with Crippen LogP contribution in [0.15, 0.2) is 17.2 Å². The molecule has 1 saturated carbocycles. The maximum atomic E-state index is 12.2. The van der Waals surface area contributed by atoms with Crippen molar-refractivity contribution < 1.29 is 27.9 Å². The minimum Gasteiger partial charge on any atom is -0.481 e. The molecule has 0 radical (unpaired) electrons. The quantitative estimate of drug-likeness (QED) is 0.683. The van der Waals surface area contributed by atoms with Gasteiger partial charge >= 0.3 is 11.9 Å². The Balaban J connectivity index is 2.01. The van der Waals surface area contributed by atoms with E-state index in [4.69, 9.17) is 5.11 Å². The van der Waals surface area contributed by atoms with Crippen LogP contribution in [0.1, 0.15) is 36.2 Å². The molecule has 1 heterocycles. The zero-order valence-corrected chi connectivity index (χ0v) is 12.9. The number of carboxylic acid groups (broad SMARTS) is 1. The van der Waals surface area contributed by atoms with E-state index in [1.54, 1.807) is 0 Å². The highest BCUT2D eigenvalue weighted by molar-refractivity contribution is 7.89. The Kier molecular flexibility index (Phi) is 4.87. The molecule has 0 spiro atoms. The van der Waals surface area contributed by atoms with E-state index < -0.39 is 27.9 Å². The van der Waals surface area contributed by atoms with Gasteiger partial charge in [-0.15, -0.1) is 0 Å². The number of hydrogen-bond donors (Lipinski definition) is 3. The van der Waals surface area contributed by atoms with Crippen LogP contribution in [0, 0.1) is 5.92 Å². The molecule has 1 aromatic rings. The Labute approximate surface area is 127 Å². The normalized spacial score (nSPS) is 22.2. The highest BCUT2D eigenvalue weighted by Gasteiger charge is 2.29. The first-order valence-electron chi connectivity index (χ1n) is 6.85. The molecule has 0 aliphatic heterocycles. The summed E-state index contributed by atoms with van der Waals surface area (Å²) in [6.07, 6.45) is 3.07. The number of methoxy groups -OCH3 is 1. The second kappa shape index (κ2) is 6.49. The zero-order chi connectivity index (χ0) is 16.3. The number of carbonyl (C=O) groups is 2. The summed E-state index contributed by atoms with van der Waals surface area (Å²) >= 11 is 0. The number of H-pyrrole nitrogens is 1. The van der Waals surface area contributed by atoms with E-state index in [-0.39, 0.29) is 16.6 Å². The standard InChI is InChI=1S/C13H18N2O6S/c1-21-13(18)11-6-10(7-14-11)22(19,20)15-9-4-2-8(3-5-9)12(16)17/h6-9,14-15H,2-5H2,1H3,(H,16,17). The Morgan fingerprint density at radius 1 is 1.32 bits per heavy atom. The molecule has 1 aliphatic rings. The van der Waals surface area contributed by atoms with E-state index in [1.165, 1.54) is 19.4 Å². The number of sulfonamides is 1. The minimum atomic E-state index is -3.75. The van der Waals surface area contributed by atoms with Crippen molar-refractivity contribution in [1.29, 1.82) is 0 Å². The maximum Gasteiger partial charge on any atom is 0.354 e. The summed E-state index contributed by atoms with van der Waals surface area (Å²) in [7, 11) is -2.55. The molecule has 1 aromatic heterocycles. The van der Waals surface area contributed by atoms with Gasteiger partial charge in [0, 0.05) is 12.2 Å². The lowest BCUT2D eigenvalue weighted by molar-refractivity contribution is -0.142. The van der Waals surface area contributed by atoms with Crippen molar-refractivity contribution in [1.82, 2.24) is 9.71 Å². The van der Waals surface area contributed by atoms with E-state index in [0.29, 0.717) is 25.7 Å². The predicted molar refractivity (Wildman–Crippen MR) is 75.8 cm³/mol. The van der Waals surface area contributed by atoms with E-state index in [9.17, 15) is 18.0 Å². The van der Waals surface area contributed by atoms with Crippen LogP contribution in [0.2, 0.25) is 0 Å². The number of ether oxygens (including phenoxy) is 1. The molecule has 1 fully saturated rings. The molecular formula is C13H18N2O6S. The lowest BCUT2D eigenvalue weighted by Crippen LogP contribution is -2.38. The van der Waals surface area contributed by atoms with E-state index >= 15 is 0 Å². The molecule has 2 rings (SSSR count). The monoisotopic (exact) mass is 330 g/mol. The van der Waals surface area contributed by atoms with Crippen LogP contribution in [0.4, 0.5) is 0 Å². The summed E-state index contributed by atoms with van der Waals surface area (Å²) in [6.45, 7) is 0. The van der Waals surface area contributed by atoms with Crippen LogP contribution in [0.5, 0.6) is 0 Å². The Morgan fingerprint density at radius 3 is 2.50 bits per heavy atom. The van der Waals surface area contributed by atoms with Crippen molar-refractivity contribution >= 4 is 22.0 Å². The Hall–Kier alpha value is -1.87. The highest BCUT2D eigenvalue weighted by atomic mass is 32.2. The summed E-state index contributed by atoms with van der Waals surface area (Å²) in [5.41, 5.74) is 0.0532. The summed E-state index contributed by atoms with van der Waals surface area (Å²) in [6, 6.07) is 0.911. The van der Waals surface area contributed by atoms with Gasteiger partial charge in [-0.1, -0.05) is 0 Å². The third kappa shape index (κ3) is 3.66. The molecule has 0 saturated heterocycles. The van der Waals surface area contributed by atoms with Gasteiger partial charge in [-0.25, -0.2) is 17.9 Å². The van der Waals surface area contributed by atoms with Crippen molar-refractivity contribution in [3.8, 4) is 0 Å². The molecule has 0 aromatic carbocycles. The van der Waals surface area contributed by atoms with Gasteiger partial charge in [-0.3, -0.25) is 4.79 Å². The lowest BCUT2D eigenvalue weighted by Gasteiger charge is -2.26.